The highest BCUT2D eigenvalue weighted by molar-refractivity contribution is 7.88. The number of piperazine rings is 1. The lowest BCUT2D eigenvalue weighted by Crippen LogP contribution is -2.53. The van der Waals surface area contributed by atoms with E-state index in [4.69, 9.17) is 5.41 Å². The van der Waals surface area contributed by atoms with E-state index >= 15 is 0 Å². The molecule has 0 atom stereocenters. The lowest BCUT2D eigenvalue weighted by molar-refractivity contribution is -0.129. The van der Waals surface area contributed by atoms with Crippen LogP contribution in [0.4, 0.5) is 0 Å². The molecule has 0 aromatic carbocycles. The number of amides is 1. The number of nitrogens with zero attached hydrogens (tertiary/aromatic N) is 2. The van der Waals surface area contributed by atoms with E-state index in [0.29, 0.717) is 6.54 Å². The first-order valence-electron chi connectivity index (χ1n) is 3.98. The van der Waals surface area contributed by atoms with Crippen molar-refractivity contribution < 1.29 is 13.2 Å². The molecule has 0 saturated carbocycles. The minimum Gasteiger partial charge on any atom is -0.349 e. The molecule has 0 spiro atoms. The molecule has 1 amide bonds. The molecule has 1 aliphatic rings. The Kier molecular flexibility index (Phi) is 2.79. The fourth-order valence-corrected chi connectivity index (χ4v) is 2.08. The molecule has 0 bridgehead atoms. The van der Waals surface area contributed by atoms with Crippen molar-refractivity contribution >= 4 is 21.8 Å². The number of carbonyl (C=O) groups excluding carboxylic acids is 1. The van der Waals surface area contributed by atoms with Crippen LogP contribution in [0.15, 0.2) is 0 Å². The number of hydrogen-bond acceptors (Lipinski definition) is 4. The molecule has 79 valence electrons. The highest BCUT2D eigenvalue weighted by atomic mass is 32.2. The van der Waals surface area contributed by atoms with Gasteiger partial charge in [-0.2, -0.15) is 0 Å². The van der Waals surface area contributed by atoms with Gasteiger partial charge < -0.3 is 4.90 Å². The first kappa shape index (κ1) is 11.0. The van der Waals surface area contributed by atoms with Crippen LogP contribution in [-0.4, -0.2) is 55.3 Å². The van der Waals surface area contributed by atoms with Crippen molar-refractivity contribution in [2.75, 3.05) is 25.9 Å². The molecule has 0 unspecified atom stereocenters. The van der Waals surface area contributed by atoms with Crippen LogP contribution in [0.2, 0.25) is 0 Å². The van der Waals surface area contributed by atoms with Gasteiger partial charge in [-0.25, -0.2) is 12.7 Å². The number of rotatable bonds is 1. The van der Waals surface area contributed by atoms with Crippen LogP contribution in [-0.2, 0) is 14.8 Å². The van der Waals surface area contributed by atoms with Crippen LogP contribution in [0.3, 0.4) is 0 Å². The number of nitrogens with one attached hydrogen (secondary N) is 1. The number of carbonyl (C=O) groups is 1. The largest absolute Gasteiger partial charge is 0.349 e. The Hall–Kier alpha value is -1.11. The molecule has 0 aliphatic carbocycles. The fraction of sp³-hybridized carbons (Fsp3) is 0.571. The predicted molar refractivity (Wildman–Crippen MR) is 51.2 cm³/mol. The van der Waals surface area contributed by atoms with Gasteiger partial charge in [0, 0.05) is 13.5 Å². The third kappa shape index (κ3) is 2.22. The Morgan fingerprint density at radius 3 is 2.43 bits per heavy atom. The Morgan fingerprint density at radius 2 is 2.07 bits per heavy atom. The summed E-state index contributed by atoms with van der Waals surface area (Å²) in [6.45, 7) is 3.71. The van der Waals surface area contributed by atoms with Gasteiger partial charge in [0.25, 0.3) is 5.91 Å². The molecular formula is C7H12N3O3S. The van der Waals surface area contributed by atoms with Crippen molar-refractivity contribution in [2.45, 2.75) is 0 Å². The molecule has 7 heteroatoms. The Bertz CT molecular complexity index is 362. The Balaban J connectivity index is 2.76. The minimum absolute atomic E-state index is 0.0338. The van der Waals surface area contributed by atoms with Crippen molar-refractivity contribution in [3.05, 3.63) is 6.92 Å². The maximum absolute atomic E-state index is 11.3. The second kappa shape index (κ2) is 3.56. The highest BCUT2D eigenvalue weighted by Gasteiger charge is 2.29. The van der Waals surface area contributed by atoms with E-state index in [0.717, 1.165) is 10.6 Å². The van der Waals surface area contributed by atoms with Crippen molar-refractivity contribution in [1.29, 1.82) is 5.41 Å². The Morgan fingerprint density at radius 1 is 1.50 bits per heavy atom. The van der Waals surface area contributed by atoms with Crippen LogP contribution >= 0.6 is 0 Å². The lowest BCUT2D eigenvalue weighted by Gasteiger charge is -2.33. The summed E-state index contributed by atoms with van der Waals surface area (Å²) < 4.78 is 23.0. The Labute approximate surface area is 83.1 Å². The molecule has 1 rings (SSSR count). The number of sulfonamides is 1. The lowest BCUT2D eigenvalue weighted by atomic mass is 10.3. The maximum atomic E-state index is 11.3. The highest BCUT2D eigenvalue weighted by Crippen LogP contribution is 2.07. The number of hydrogen-bond donors (Lipinski definition) is 1. The summed E-state index contributed by atoms with van der Waals surface area (Å²) in [6.07, 6.45) is 0.996. The summed E-state index contributed by atoms with van der Waals surface area (Å²) in [5.41, 5.74) is 0. The third-order valence-corrected chi connectivity index (χ3v) is 3.15. The molecule has 1 saturated heterocycles. The monoisotopic (exact) mass is 218 g/mol. The van der Waals surface area contributed by atoms with Crippen LogP contribution in [0, 0.1) is 12.3 Å². The average Bonchev–Trinajstić information content (AvgIpc) is 2.01. The van der Waals surface area contributed by atoms with E-state index in [1.54, 1.807) is 0 Å². The second-order valence-electron chi connectivity index (χ2n) is 3.10. The molecule has 6 nitrogen and oxygen atoms in total. The van der Waals surface area contributed by atoms with Crippen molar-refractivity contribution in [1.82, 2.24) is 9.21 Å². The van der Waals surface area contributed by atoms with Crippen LogP contribution < -0.4 is 0 Å². The zero-order valence-corrected chi connectivity index (χ0v) is 8.67. The fourth-order valence-electron chi connectivity index (χ4n) is 1.24. The van der Waals surface area contributed by atoms with E-state index in [1.807, 2.05) is 0 Å². The van der Waals surface area contributed by atoms with Gasteiger partial charge in [-0.05, 0) is 0 Å². The van der Waals surface area contributed by atoms with Gasteiger partial charge in [-0.3, -0.25) is 10.2 Å². The normalized spacial score (nSPS) is 18.6. The van der Waals surface area contributed by atoms with Gasteiger partial charge in [-0.1, -0.05) is 0 Å². The zero-order valence-electron chi connectivity index (χ0n) is 7.86. The number of amidine groups is 1. The summed E-state index contributed by atoms with van der Waals surface area (Å²) in [7, 11) is -3.46. The van der Waals surface area contributed by atoms with Crippen LogP contribution in [0.25, 0.3) is 0 Å². The molecule has 1 heterocycles. The quantitative estimate of drug-likeness (QED) is 0.447. The van der Waals surface area contributed by atoms with Crippen molar-refractivity contribution in [3.8, 4) is 0 Å². The summed E-state index contributed by atoms with van der Waals surface area (Å²) in [5, 5.41) is 7.20. The minimum atomic E-state index is -3.46. The standard InChI is InChI=1S/C7H12N3O3S/c1-6(8)9-3-4-10(7(11)5-9)14(2,12)13/h8H,1,3-5H2,2H3. The zero-order chi connectivity index (χ0) is 10.9. The second-order valence-corrected chi connectivity index (χ2v) is 5.00. The summed E-state index contributed by atoms with van der Waals surface area (Å²) in [5.74, 6) is -0.473. The van der Waals surface area contributed by atoms with Gasteiger partial charge in [0.15, 0.2) is 0 Å². The molecule has 0 aromatic heterocycles. The first-order chi connectivity index (χ1) is 6.32. The van der Waals surface area contributed by atoms with Crippen LogP contribution in [0.5, 0.6) is 0 Å². The smallest absolute Gasteiger partial charge is 0.255 e. The summed E-state index contributed by atoms with van der Waals surface area (Å²) in [4.78, 5) is 12.8. The van der Waals surface area contributed by atoms with Gasteiger partial charge in [-0.15, -0.1) is 0 Å². The van der Waals surface area contributed by atoms with E-state index in [2.05, 4.69) is 6.92 Å². The molecule has 14 heavy (non-hydrogen) atoms. The van der Waals surface area contributed by atoms with Gasteiger partial charge in [0.2, 0.25) is 10.0 Å². The van der Waals surface area contributed by atoms with Gasteiger partial charge in [0.1, 0.15) is 0 Å². The van der Waals surface area contributed by atoms with E-state index in [-0.39, 0.29) is 18.9 Å². The van der Waals surface area contributed by atoms with Crippen LogP contribution in [0.1, 0.15) is 0 Å². The average molecular weight is 218 g/mol. The predicted octanol–water partition coefficient (Wildman–Crippen LogP) is -1.10. The van der Waals surface area contributed by atoms with Gasteiger partial charge in [0.05, 0.1) is 25.2 Å². The maximum Gasteiger partial charge on any atom is 0.255 e. The van der Waals surface area contributed by atoms with Crippen molar-refractivity contribution in [2.24, 2.45) is 0 Å². The summed E-state index contributed by atoms with van der Waals surface area (Å²) >= 11 is 0. The first-order valence-corrected chi connectivity index (χ1v) is 5.83. The molecule has 1 radical (unpaired) electrons. The van der Waals surface area contributed by atoms with Crippen molar-refractivity contribution in [3.63, 3.8) is 0 Å². The molecule has 1 aliphatic heterocycles. The van der Waals surface area contributed by atoms with E-state index in [9.17, 15) is 13.2 Å². The summed E-state index contributed by atoms with van der Waals surface area (Å²) in [6, 6.07) is 0. The van der Waals surface area contributed by atoms with Gasteiger partial charge >= 0.3 is 0 Å². The van der Waals surface area contributed by atoms with E-state index < -0.39 is 15.9 Å². The molecule has 1 fully saturated rings. The molecular weight excluding hydrogens is 206 g/mol. The molecule has 0 aromatic rings. The van der Waals surface area contributed by atoms with E-state index in [1.165, 1.54) is 4.90 Å². The molecule has 1 N–H and O–H groups in total. The SMILES string of the molecule is [CH2]C(=N)N1CCN(S(C)(=O)=O)C(=O)C1. The third-order valence-electron chi connectivity index (χ3n) is 1.96. The topological polar surface area (TPSA) is 81.5 Å².